The van der Waals surface area contributed by atoms with Crippen molar-refractivity contribution in [1.29, 1.82) is 0 Å². The molecule has 1 aromatic heterocycles. The monoisotopic (exact) mass is 271 g/mol. The third-order valence-electron chi connectivity index (χ3n) is 2.34. The van der Waals surface area contributed by atoms with E-state index < -0.39 is 5.03 Å². The van der Waals surface area contributed by atoms with Crippen LogP contribution in [-0.2, 0) is 11.3 Å². The Morgan fingerprint density at radius 3 is 3.06 bits per heavy atom. The summed E-state index contributed by atoms with van der Waals surface area (Å²) in [5.74, 6) is 0.303. The van der Waals surface area contributed by atoms with Gasteiger partial charge in [-0.2, -0.15) is 0 Å². The molecule has 0 N–H and O–H groups in total. The molecule has 1 saturated heterocycles. The molecule has 0 amide bonds. The molecule has 0 radical (unpaired) electrons. The number of aryl methyl sites for hydroxylation is 1. The predicted octanol–water partition coefficient (Wildman–Crippen LogP) is 0.678. The molecule has 0 aromatic carbocycles. The minimum absolute atomic E-state index is 0.286. The number of thiazole rings is 1. The molecule has 0 atom stereocenters. The highest BCUT2D eigenvalue weighted by molar-refractivity contribution is 7.11. The second kappa shape index (κ2) is 5.27. The van der Waals surface area contributed by atoms with Gasteiger partial charge in [-0.15, -0.1) is 11.3 Å². The number of rotatable bonds is 3. The molecule has 1 aromatic rings. The van der Waals surface area contributed by atoms with Crippen LogP contribution in [-0.4, -0.2) is 46.3 Å². The van der Waals surface area contributed by atoms with Crippen molar-refractivity contribution < 1.29 is 9.77 Å². The van der Waals surface area contributed by atoms with Crippen molar-refractivity contribution >= 4 is 17.3 Å². The molecule has 9 heteroatoms. The fraction of sp³-hybridized carbons (Fsp3) is 0.556. The van der Waals surface area contributed by atoms with Crippen LogP contribution in [0.1, 0.15) is 9.88 Å². The number of guanidine groups is 1. The molecule has 2 rings (SSSR count). The van der Waals surface area contributed by atoms with E-state index in [-0.39, 0.29) is 6.73 Å². The molecule has 0 spiro atoms. The van der Waals surface area contributed by atoms with Gasteiger partial charge in [-0.25, -0.2) is 15.1 Å². The van der Waals surface area contributed by atoms with E-state index in [0.29, 0.717) is 19.2 Å². The summed E-state index contributed by atoms with van der Waals surface area (Å²) in [5.41, 5.74) is 0. The zero-order valence-corrected chi connectivity index (χ0v) is 10.9. The van der Waals surface area contributed by atoms with Gasteiger partial charge < -0.3 is 14.5 Å². The van der Waals surface area contributed by atoms with Crippen molar-refractivity contribution in [2.24, 2.45) is 5.10 Å². The van der Waals surface area contributed by atoms with Crippen LogP contribution in [0, 0.1) is 17.0 Å². The first-order valence-electron chi connectivity index (χ1n) is 5.24. The maximum absolute atomic E-state index is 10.5. The van der Waals surface area contributed by atoms with Gasteiger partial charge in [0.15, 0.2) is 5.03 Å². The molecular formula is C9H13N5O3S. The lowest BCUT2D eigenvalue weighted by Crippen LogP contribution is -2.49. The molecule has 0 unspecified atom stereocenters. The van der Waals surface area contributed by atoms with Crippen molar-refractivity contribution in [3.63, 3.8) is 0 Å². The third-order valence-corrected chi connectivity index (χ3v) is 3.24. The highest BCUT2D eigenvalue weighted by Gasteiger charge is 2.25. The number of hydrogen-bond acceptors (Lipinski definition) is 5. The van der Waals surface area contributed by atoms with Crippen LogP contribution in [0.15, 0.2) is 11.3 Å². The van der Waals surface area contributed by atoms with Gasteiger partial charge in [0.25, 0.3) is 5.96 Å². The third kappa shape index (κ3) is 2.93. The number of hydrazone groups is 1. The van der Waals surface area contributed by atoms with Gasteiger partial charge in [-0.1, -0.05) is 0 Å². The summed E-state index contributed by atoms with van der Waals surface area (Å²) in [6, 6.07) is 0. The Labute approximate surface area is 108 Å². The maximum atomic E-state index is 10.5. The first-order valence-corrected chi connectivity index (χ1v) is 6.06. The lowest BCUT2D eigenvalue weighted by atomic mass is 10.4. The van der Waals surface area contributed by atoms with Gasteiger partial charge in [0.05, 0.1) is 11.6 Å². The van der Waals surface area contributed by atoms with E-state index in [0.717, 1.165) is 9.88 Å². The smallest absolute Gasteiger partial charge is 0.277 e. The molecular weight excluding hydrogens is 258 g/mol. The minimum Gasteiger partial charge on any atom is -0.341 e. The summed E-state index contributed by atoms with van der Waals surface area (Å²) >= 11 is 1.55. The van der Waals surface area contributed by atoms with Crippen molar-refractivity contribution in [2.75, 3.05) is 20.5 Å². The molecule has 0 bridgehead atoms. The van der Waals surface area contributed by atoms with Gasteiger partial charge in [0, 0.05) is 18.1 Å². The topological polar surface area (TPSA) is 84.1 Å². The molecule has 8 nitrogen and oxygen atoms in total. The van der Waals surface area contributed by atoms with Crippen molar-refractivity contribution in [2.45, 2.75) is 13.5 Å². The van der Waals surface area contributed by atoms with E-state index in [4.69, 9.17) is 4.74 Å². The predicted molar refractivity (Wildman–Crippen MR) is 65.4 cm³/mol. The normalized spacial score (nSPS) is 18.4. The Hall–Kier alpha value is -1.74. The van der Waals surface area contributed by atoms with E-state index in [2.05, 4.69) is 10.1 Å². The van der Waals surface area contributed by atoms with Gasteiger partial charge in [-0.05, 0) is 6.92 Å². The Morgan fingerprint density at radius 2 is 2.44 bits per heavy atom. The summed E-state index contributed by atoms with van der Waals surface area (Å²) in [5, 5.41) is 14.2. The van der Waals surface area contributed by atoms with Gasteiger partial charge in [-0.3, -0.25) is 0 Å². The van der Waals surface area contributed by atoms with Crippen LogP contribution in [0.3, 0.4) is 0 Å². The molecule has 1 aliphatic heterocycles. The average Bonchev–Trinajstić information content (AvgIpc) is 2.69. The van der Waals surface area contributed by atoms with Crippen LogP contribution in [0.2, 0.25) is 0 Å². The van der Waals surface area contributed by atoms with Crippen molar-refractivity contribution in [1.82, 2.24) is 14.8 Å². The minimum atomic E-state index is -0.692. The van der Waals surface area contributed by atoms with E-state index in [9.17, 15) is 10.1 Å². The zero-order valence-electron chi connectivity index (χ0n) is 10.1. The highest BCUT2D eigenvalue weighted by Crippen LogP contribution is 2.16. The fourth-order valence-corrected chi connectivity index (χ4v) is 2.45. The maximum Gasteiger partial charge on any atom is 0.277 e. The van der Waals surface area contributed by atoms with Crippen LogP contribution in [0.4, 0.5) is 0 Å². The van der Waals surface area contributed by atoms with Gasteiger partial charge in [0.1, 0.15) is 18.6 Å². The summed E-state index contributed by atoms with van der Waals surface area (Å²) in [6.45, 7) is 3.00. The Morgan fingerprint density at radius 1 is 1.67 bits per heavy atom. The average molecular weight is 271 g/mol. The van der Waals surface area contributed by atoms with E-state index >= 15 is 0 Å². The van der Waals surface area contributed by atoms with E-state index in [1.54, 1.807) is 34.4 Å². The second-order valence-corrected chi connectivity index (χ2v) is 5.16. The number of nitro groups is 1. The van der Waals surface area contributed by atoms with Crippen molar-refractivity contribution in [3.05, 3.63) is 26.2 Å². The molecule has 2 heterocycles. The summed E-state index contributed by atoms with van der Waals surface area (Å²) < 4.78 is 5.32. The summed E-state index contributed by atoms with van der Waals surface area (Å²) in [7, 11) is 1.70. The fourth-order valence-electron chi connectivity index (χ4n) is 1.64. The first kappa shape index (κ1) is 12.7. The largest absolute Gasteiger partial charge is 0.341 e. The standard InChI is InChI=1S/C9H13N5O3S/c1-7-10-3-8(18-7)4-13-6-17-5-12(2)9(13)11-14(15)16/h3H,4-6H2,1-2H3. The van der Waals surface area contributed by atoms with E-state index in [1.165, 1.54) is 0 Å². The summed E-state index contributed by atoms with van der Waals surface area (Å²) in [4.78, 5) is 19.0. The Kier molecular flexibility index (Phi) is 3.72. The zero-order chi connectivity index (χ0) is 13.1. The lowest BCUT2D eigenvalue weighted by molar-refractivity contribution is -0.486. The van der Waals surface area contributed by atoms with Crippen LogP contribution < -0.4 is 0 Å². The molecule has 1 aliphatic rings. The SMILES string of the molecule is Cc1ncc(CN2COCN(C)C2=N[N+](=O)[O-])s1. The molecule has 0 saturated carbocycles. The number of ether oxygens (including phenoxy) is 1. The number of nitrogens with zero attached hydrogens (tertiary/aromatic N) is 5. The summed E-state index contributed by atoms with van der Waals surface area (Å²) in [6.07, 6.45) is 1.76. The first-order chi connectivity index (χ1) is 8.56. The Balaban J connectivity index is 2.15. The number of aromatic nitrogens is 1. The molecule has 18 heavy (non-hydrogen) atoms. The highest BCUT2D eigenvalue weighted by atomic mass is 32.1. The molecule has 98 valence electrons. The number of hydrogen-bond donors (Lipinski definition) is 0. The van der Waals surface area contributed by atoms with Crippen LogP contribution in [0.25, 0.3) is 0 Å². The van der Waals surface area contributed by atoms with Gasteiger partial charge in [0.2, 0.25) is 0 Å². The molecule has 0 aliphatic carbocycles. The second-order valence-electron chi connectivity index (χ2n) is 3.84. The Bertz CT molecular complexity index is 475. The van der Waals surface area contributed by atoms with Crippen LogP contribution >= 0.6 is 11.3 Å². The van der Waals surface area contributed by atoms with Gasteiger partial charge >= 0.3 is 0 Å². The van der Waals surface area contributed by atoms with Crippen molar-refractivity contribution in [3.8, 4) is 0 Å². The van der Waals surface area contributed by atoms with E-state index in [1.807, 2.05) is 6.92 Å². The quantitative estimate of drug-likeness (QED) is 0.593. The van der Waals surface area contributed by atoms with Crippen LogP contribution in [0.5, 0.6) is 0 Å². The lowest BCUT2D eigenvalue weighted by Gasteiger charge is -2.34. The molecule has 1 fully saturated rings.